The zero-order chi connectivity index (χ0) is 23.5. The van der Waals surface area contributed by atoms with Crippen LogP contribution in [0.5, 0.6) is 0 Å². The highest BCUT2D eigenvalue weighted by molar-refractivity contribution is 5.89. The van der Waals surface area contributed by atoms with Crippen molar-refractivity contribution in [2.75, 3.05) is 0 Å². The van der Waals surface area contributed by atoms with E-state index < -0.39 is 11.6 Å². The van der Waals surface area contributed by atoms with Crippen molar-refractivity contribution in [1.29, 1.82) is 0 Å². The Hall–Kier alpha value is -3.25. The smallest absolute Gasteiger partial charge is 0.335 e. The minimum atomic E-state index is -0.929. The Morgan fingerprint density at radius 2 is 1.91 bits per heavy atom. The Kier molecular flexibility index (Phi) is 4.78. The largest absolute Gasteiger partial charge is 0.478 e. The first-order chi connectivity index (χ1) is 16.4. The molecule has 2 aromatic carbocycles. The van der Waals surface area contributed by atoms with E-state index in [1.54, 1.807) is 24.3 Å². The summed E-state index contributed by atoms with van der Waals surface area (Å²) in [7, 11) is 0. The molecule has 1 heterocycles. The van der Waals surface area contributed by atoms with Crippen LogP contribution in [0, 0.1) is 17.2 Å². The number of aromatic nitrogens is 2. The molecule has 2 saturated carbocycles. The predicted octanol–water partition coefficient (Wildman–Crippen LogP) is 5.20. The monoisotopic (exact) mass is 458 g/mol. The molecular formula is C28H27FN2O3. The fourth-order valence-electron chi connectivity index (χ4n) is 6.50. The number of carboxylic acid groups (broad SMARTS) is 1. The molecule has 1 aromatic heterocycles. The molecule has 6 rings (SSSR count). The summed E-state index contributed by atoms with van der Waals surface area (Å²) in [5.74, 6) is -0.772. The lowest BCUT2D eigenvalue weighted by atomic mass is 9.61. The molecule has 0 saturated heterocycles. The SMILES string of the molecule is O=C(O)c1ccccc1CCC1(O)CCC2=Cc3c(cnn3-c3ccc(F)cc3)CC21C1CC1. The molecule has 0 bridgehead atoms. The van der Waals surface area contributed by atoms with Crippen LogP contribution in [0.1, 0.15) is 59.3 Å². The third-order valence-electron chi connectivity index (χ3n) is 8.28. The summed E-state index contributed by atoms with van der Waals surface area (Å²) in [4.78, 5) is 11.7. The number of carboxylic acids is 1. The van der Waals surface area contributed by atoms with Gasteiger partial charge in [0, 0.05) is 5.41 Å². The summed E-state index contributed by atoms with van der Waals surface area (Å²) in [6.45, 7) is 0. The number of carbonyl (C=O) groups is 1. The average Bonchev–Trinajstić information content (AvgIpc) is 3.56. The zero-order valence-corrected chi connectivity index (χ0v) is 18.9. The first kappa shape index (κ1) is 21.3. The van der Waals surface area contributed by atoms with Crippen molar-refractivity contribution in [3.8, 4) is 5.69 Å². The number of hydrogen-bond acceptors (Lipinski definition) is 3. The van der Waals surface area contributed by atoms with Crippen molar-refractivity contribution in [2.24, 2.45) is 11.3 Å². The van der Waals surface area contributed by atoms with E-state index in [1.165, 1.54) is 17.7 Å². The first-order valence-corrected chi connectivity index (χ1v) is 12.0. The highest BCUT2D eigenvalue weighted by Crippen LogP contribution is 2.66. The average molecular weight is 459 g/mol. The van der Waals surface area contributed by atoms with Crippen LogP contribution in [0.3, 0.4) is 0 Å². The molecule has 5 nitrogen and oxygen atoms in total. The number of fused-ring (bicyclic) bond motifs is 2. The van der Waals surface area contributed by atoms with Gasteiger partial charge in [0.05, 0.1) is 28.7 Å². The summed E-state index contributed by atoms with van der Waals surface area (Å²) < 4.78 is 15.3. The number of rotatable bonds is 6. The Bertz CT molecular complexity index is 1310. The number of nitrogens with zero attached hydrogens (tertiary/aromatic N) is 2. The summed E-state index contributed by atoms with van der Waals surface area (Å²) in [6.07, 6.45) is 9.59. The van der Waals surface area contributed by atoms with E-state index in [4.69, 9.17) is 0 Å². The van der Waals surface area contributed by atoms with E-state index in [0.29, 0.717) is 30.7 Å². The molecule has 0 spiro atoms. The van der Waals surface area contributed by atoms with Gasteiger partial charge in [-0.1, -0.05) is 23.8 Å². The van der Waals surface area contributed by atoms with Gasteiger partial charge in [-0.15, -0.1) is 0 Å². The van der Waals surface area contributed by atoms with Gasteiger partial charge >= 0.3 is 5.97 Å². The molecule has 0 aliphatic heterocycles. The van der Waals surface area contributed by atoms with Crippen LogP contribution in [-0.4, -0.2) is 31.6 Å². The number of benzene rings is 2. The quantitative estimate of drug-likeness (QED) is 0.532. The zero-order valence-electron chi connectivity index (χ0n) is 18.9. The van der Waals surface area contributed by atoms with E-state index >= 15 is 0 Å². The third kappa shape index (κ3) is 3.16. The Labute approximate surface area is 197 Å². The minimum Gasteiger partial charge on any atom is -0.478 e. The van der Waals surface area contributed by atoms with Gasteiger partial charge in [-0.25, -0.2) is 13.9 Å². The molecular weight excluding hydrogens is 431 g/mol. The van der Waals surface area contributed by atoms with Crippen LogP contribution in [0.25, 0.3) is 11.8 Å². The maximum absolute atomic E-state index is 13.4. The van der Waals surface area contributed by atoms with Gasteiger partial charge in [-0.2, -0.15) is 5.10 Å². The third-order valence-corrected chi connectivity index (χ3v) is 8.28. The summed E-state index contributed by atoms with van der Waals surface area (Å²) in [5.41, 5.74) is 4.08. The Morgan fingerprint density at radius 3 is 2.65 bits per heavy atom. The summed E-state index contributed by atoms with van der Waals surface area (Å²) >= 11 is 0. The van der Waals surface area contributed by atoms with E-state index in [0.717, 1.165) is 48.2 Å². The molecule has 3 aromatic rings. The number of halogens is 1. The van der Waals surface area contributed by atoms with Gasteiger partial charge in [-0.05, 0) is 98.4 Å². The lowest BCUT2D eigenvalue weighted by molar-refractivity contribution is -0.0661. The summed E-state index contributed by atoms with van der Waals surface area (Å²) in [5, 5.41) is 26.3. The van der Waals surface area contributed by atoms with Gasteiger partial charge in [-0.3, -0.25) is 0 Å². The van der Waals surface area contributed by atoms with E-state index in [-0.39, 0.29) is 11.2 Å². The highest BCUT2D eigenvalue weighted by atomic mass is 19.1. The van der Waals surface area contributed by atoms with Gasteiger partial charge in [0.25, 0.3) is 0 Å². The second-order valence-corrected chi connectivity index (χ2v) is 10.0. The van der Waals surface area contributed by atoms with Crippen LogP contribution in [-0.2, 0) is 12.8 Å². The van der Waals surface area contributed by atoms with Crippen LogP contribution in [0.4, 0.5) is 4.39 Å². The highest BCUT2D eigenvalue weighted by Gasteiger charge is 2.63. The van der Waals surface area contributed by atoms with Gasteiger partial charge < -0.3 is 10.2 Å². The normalized spacial score (nSPS) is 25.5. The maximum Gasteiger partial charge on any atom is 0.335 e. The van der Waals surface area contributed by atoms with Crippen molar-refractivity contribution in [3.63, 3.8) is 0 Å². The van der Waals surface area contributed by atoms with Crippen LogP contribution < -0.4 is 0 Å². The molecule has 0 amide bonds. The molecule has 2 N–H and O–H groups in total. The fraction of sp³-hybridized carbons (Fsp3) is 0.357. The molecule has 174 valence electrons. The molecule has 0 radical (unpaired) electrons. The van der Waals surface area contributed by atoms with Crippen molar-refractivity contribution >= 4 is 12.0 Å². The number of aromatic carboxylic acids is 1. The van der Waals surface area contributed by atoms with Crippen molar-refractivity contribution in [2.45, 2.75) is 50.5 Å². The van der Waals surface area contributed by atoms with Gasteiger partial charge in [0.2, 0.25) is 0 Å². The molecule has 3 aliphatic carbocycles. The Morgan fingerprint density at radius 1 is 1.15 bits per heavy atom. The maximum atomic E-state index is 13.4. The molecule has 34 heavy (non-hydrogen) atoms. The Balaban J connectivity index is 1.35. The standard InChI is InChI=1S/C28H27FN2O3/c29-22-7-9-23(10-8-22)31-25-15-21-12-14-27(34,13-11-18-3-1-2-4-24(18)26(32)33)28(21,20-5-6-20)16-19(25)17-30-31/h1-4,7-10,15,17,20,34H,5-6,11-14,16H2,(H,32,33). The second-order valence-electron chi connectivity index (χ2n) is 10.0. The number of hydrogen-bond donors (Lipinski definition) is 2. The van der Waals surface area contributed by atoms with Crippen molar-refractivity contribution in [3.05, 3.63) is 88.5 Å². The van der Waals surface area contributed by atoms with E-state index in [1.807, 2.05) is 23.0 Å². The van der Waals surface area contributed by atoms with Crippen molar-refractivity contribution in [1.82, 2.24) is 9.78 Å². The first-order valence-electron chi connectivity index (χ1n) is 12.0. The minimum absolute atomic E-state index is 0.277. The molecule has 3 aliphatic rings. The molecule has 2 atom stereocenters. The molecule has 6 heteroatoms. The predicted molar refractivity (Wildman–Crippen MR) is 126 cm³/mol. The second kappa shape index (κ2) is 7.64. The van der Waals surface area contributed by atoms with Crippen LogP contribution in [0.2, 0.25) is 0 Å². The van der Waals surface area contributed by atoms with Gasteiger partial charge in [0.15, 0.2) is 0 Å². The summed E-state index contributed by atoms with van der Waals surface area (Å²) in [6, 6.07) is 13.4. The lowest BCUT2D eigenvalue weighted by Gasteiger charge is -2.46. The van der Waals surface area contributed by atoms with E-state index in [2.05, 4.69) is 11.2 Å². The van der Waals surface area contributed by atoms with Gasteiger partial charge in [0.1, 0.15) is 5.82 Å². The molecule has 2 fully saturated rings. The topological polar surface area (TPSA) is 75.3 Å². The number of aryl methyl sites for hydroxylation is 1. The lowest BCUT2D eigenvalue weighted by Crippen LogP contribution is -2.49. The molecule has 2 unspecified atom stereocenters. The van der Waals surface area contributed by atoms with Crippen LogP contribution in [0.15, 0.2) is 60.3 Å². The number of aliphatic hydroxyl groups is 1. The fourth-order valence-corrected chi connectivity index (χ4v) is 6.50. The van der Waals surface area contributed by atoms with Crippen molar-refractivity contribution < 1.29 is 19.4 Å². The van der Waals surface area contributed by atoms with Crippen LogP contribution >= 0.6 is 0 Å². The van der Waals surface area contributed by atoms with E-state index in [9.17, 15) is 19.4 Å².